The number of benzene rings is 1. The highest BCUT2D eigenvalue weighted by Gasteiger charge is 2.53. The number of aliphatic hydroxyl groups is 1. The van der Waals surface area contributed by atoms with E-state index in [0.717, 1.165) is 18.4 Å². The van der Waals surface area contributed by atoms with Crippen molar-refractivity contribution in [3.05, 3.63) is 53.5 Å². The lowest BCUT2D eigenvalue weighted by Crippen LogP contribution is -2.56. The van der Waals surface area contributed by atoms with Gasteiger partial charge in [0.1, 0.15) is 6.10 Å². The van der Waals surface area contributed by atoms with Gasteiger partial charge in [-0.1, -0.05) is 51.1 Å². The van der Waals surface area contributed by atoms with E-state index in [1.54, 1.807) is 0 Å². The zero-order chi connectivity index (χ0) is 24.3. The Morgan fingerprint density at radius 2 is 1.97 bits per heavy atom. The van der Waals surface area contributed by atoms with Crippen LogP contribution in [-0.2, 0) is 20.9 Å². The summed E-state index contributed by atoms with van der Waals surface area (Å²) in [7, 11) is 0. The van der Waals surface area contributed by atoms with Gasteiger partial charge in [0.25, 0.3) is 0 Å². The van der Waals surface area contributed by atoms with Gasteiger partial charge in [-0.3, -0.25) is 9.59 Å². The molecule has 6 atom stereocenters. The average Bonchev–Trinajstić information content (AvgIpc) is 2.76. The number of amides is 1. The van der Waals surface area contributed by atoms with Crippen molar-refractivity contribution >= 4 is 11.9 Å². The van der Waals surface area contributed by atoms with Crippen molar-refractivity contribution in [3.63, 3.8) is 0 Å². The summed E-state index contributed by atoms with van der Waals surface area (Å²) in [4.78, 5) is 26.4. The SMILES string of the molecule is CCC(=O)N(Cc1ccccc1C)C[C@@H](C)[C@@H]1CC[C@@H](C)[C@]2(O)[C][C@@H](OC(C)=O)C(C)=C[C@H]12. The molecule has 0 aromatic heterocycles. The lowest BCUT2D eigenvalue weighted by atomic mass is 9.57. The Kier molecular flexibility index (Phi) is 8.04. The molecule has 33 heavy (non-hydrogen) atoms. The van der Waals surface area contributed by atoms with Crippen molar-refractivity contribution in [1.82, 2.24) is 4.90 Å². The highest BCUT2D eigenvalue weighted by atomic mass is 16.5. The Morgan fingerprint density at radius 3 is 2.61 bits per heavy atom. The summed E-state index contributed by atoms with van der Waals surface area (Å²) in [5.41, 5.74) is 2.12. The molecule has 180 valence electrons. The third kappa shape index (κ3) is 5.51. The molecule has 0 spiro atoms. The molecule has 0 bridgehead atoms. The highest BCUT2D eigenvalue weighted by molar-refractivity contribution is 5.75. The minimum absolute atomic E-state index is 0.0219. The molecule has 0 saturated heterocycles. The van der Waals surface area contributed by atoms with Crippen LogP contribution in [0, 0.1) is 37.0 Å². The van der Waals surface area contributed by atoms with E-state index in [1.165, 1.54) is 18.1 Å². The maximum atomic E-state index is 12.8. The van der Waals surface area contributed by atoms with Crippen LogP contribution in [0.5, 0.6) is 0 Å². The summed E-state index contributed by atoms with van der Waals surface area (Å²) in [6.45, 7) is 12.8. The molecule has 1 fully saturated rings. The van der Waals surface area contributed by atoms with Gasteiger partial charge in [-0.2, -0.15) is 0 Å². The van der Waals surface area contributed by atoms with Crippen LogP contribution in [0.2, 0.25) is 0 Å². The third-order valence-corrected chi connectivity index (χ3v) is 7.67. The topological polar surface area (TPSA) is 66.8 Å². The molecule has 2 aliphatic rings. The average molecular weight is 454 g/mol. The number of hydrogen-bond acceptors (Lipinski definition) is 4. The smallest absolute Gasteiger partial charge is 0.303 e. The van der Waals surface area contributed by atoms with E-state index in [1.807, 2.05) is 37.8 Å². The number of carbonyl (C=O) groups excluding carboxylic acids is 2. The van der Waals surface area contributed by atoms with Gasteiger partial charge in [0.15, 0.2) is 0 Å². The molecule has 0 aliphatic heterocycles. The van der Waals surface area contributed by atoms with Crippen molar-refractivity contribution in [2.24, 2.45) is 23.7 Å². The van der Waals surface area contributed by atoms with Gasteiger partial charge in [0.2, 0.25) is 5.91 Å². The summed E-state index contributed by atoms with van der Waals surface area (Å²) >= 11 is 0. The number of hydrogen-bond donors (Lipinski definition) is 1. The number of aryl methyl sites for hydroxylation is 1. The first kappa shape index (κ1) is 25.5. The summed E-state index contributed by atoms with van der Waals surface area (Å²) in [5, 5.41) is 11.7. The minimum Gasteiger partial charge on any atom is -0.457 e. The predicted octanol–water partition coefficient (Wildman–Crippen LogP) is 4.74. The second-order valence-electron chi connectivity index (χ2n) is 10.1. The first-order chi connectivity index (χ1) is 15.6. The maximum Gasteiger partial charge on any atom is 0.303 e. The molecule has 5 heteroatoms. The minimum atomic E-state index is -1.15. The van der Waals surface area contributed by atoms with Crippen molar-refractivity contribution in [2.75, 3.05) is 6.54 Å². The van der Waals surface area contributed by atoms with Crippen LogP contribution in [0.3, 0.4) is 0 Å². The van der Waals surface area contributed by atoms with Crippen molar-refractivity contribution < 1.29 is 19.4 Å². The maximum absolute atomic E-state index is 12.8. The number of nitrogens with zero attached hydrogens (tertiary/aromatic N) is 1. The van der Waals surface area contributed by atoms with Gasteiger partial charge in [-0.25, -0.2) is 0 Å². The fourth-order valence-electron chi connectivity index (χ4n) is 5.56. The Labute approximate surface area is 199 Å². The van der Waals surface area contributed by atoms with Gasteiger partial charge in [0.05, 0.1) is 12.0 Å². The van der Waals surface area contributed by atoms with E-state index < -0.39 is 11.7 Å². The number of rotatable bonds is 7. The first-order valence-corrected chi connectivity index (χ1v) is 12.2. The van der Waals surface area contributed by atoms with Gasteiger partial charge < -0.3 is 14.7 Å². The zero-order valence-electron chi connectivity index (χ0n) is 20.9. The van der Waals surface area contributed by atoms with E-state index in [0.29, 0.717) is 19.5 Å². The molecule has 1 N–H and O–H groups in total. The number of esters is 1. The molecule has 5 nitrogen and oxygen atoms in total. The van der Waals surface area contributed by atoms with Crippen LogP contribution < -0.4 is 0 Å². The van der Waals surface area contributed by atoms with Crippen LogP contribution in [0.25, 0.3) is 0 Å². The molecule has 0 unspecified atom stereocenters. The lowest BCUT2D eigenvalue weighted by Gasteiger charge is -2.52. The molecule has 3 rings (SSSR count). The number of ether oxygens (including phenoxy) is 1. The van der Waals surface area contributed by atoms with Crippen LogP contribution >= 0.6 is 0 Å². The second-order valence-corrected chi connectivity index (χ2v) is 10.1. The molecule has 0 heterocycles. The van der Waals surface area contributed by atoms with Crippen molar-refractivity contribution in [3.8, 4) is 0 Å². The predicted molar refractivity (Wildman–Crippen MR) is 129 cm³/mol. The molecule has 2 radical (unpaired) electrons. The Hall–Kier alpha value is -2.14. The molecule has 1 saturated carbocycles. The zero-order valence-corrected chi connectivity index (χ0v) is 20.9. The molecule has 1 aromatic carbocycles. The first-order valence-electron chi connectivity index (χ1n) is 12.2. The van der Waals surface area contributed by atoms with E-state index in [4.69, 9.17) is 4.74 Å². The van der Waals surface area contributed by atoms with Crippen LogP contribution in [0.15, 0.2) is 35.9 Å². The van der Waals surface area contributed by atoms with Crippen LogP contribution in [0.4, 0.5) is 0 Å². The second kappa shape index (κ2) is 10.4. The van der Waals surface area contributed by atoms with E-state index in [2.05, 4.69) is 38.5 Å². The Bertz CT molecular complexity index is 894. The Morgan fingerprint density at radius 1 is 1.27 bits per heavy atom. The van der Waals surface area contributed by atoms with Gasteiger partial charge in [-0.15, -0.1) is 0 Å². The molecule has 1 aromatic rings. The van der Waals surface area contributed by atoms with Crippen LogP contribution in [-0.4, -0.2) is 40.1 Å². The van der Waals surface area contributed by atoms with Gasteiger partial charge >= 0.3 is 5.97 Å². The number of fused-ring (bicyclic) bond motifs is 1. The normalized spacial score (nSPS) is 30.1. The largest absolute Gasteiger partial charge is 0.457 e. The van der Waals surface area contributed by atoms with Crippen molar-refractivity contribution in [1.29, 1.82) is 0 Å². The summed E-state index contributed by atoms with van der Waals surface area (Å²) < 4.78 is 5.42. The van der Waals surface area contributed by atoms with E-state index in [9.17, 15) is 14.7 Å². The van der Waals surface area contributed by atoms with E-state index in [-0.39, 0.29) is 35.5 Å². The quantitative estimate of drug-likeness (QED) is 0.479. The highest BCUT2D eigenvalue weighted by Crippen LogP contribution is 2.50. The Balaban J connectivity index is 1.83. The summed E-state index contributed by atoms with van der Waals surface area (Å²) in [5.74, 6) is 0.0861. The standard InChI is InChI=1S/C28H39NO4/c1-7-27(31)29(17-23-11-9-8-10-18(23)2)16-20(4)24-13-12-21(5)28(32)15-26(33-22(6)30)19(3)14-25(24)28/h8-11,14,20-21,24-26,32H,7,12-13,16-17H2,1-6H3/t20-,21-,24+,25-,26-,28-/m1/s1. The molecule has 2 aliphatic carbocycles. The van der Waals surface area contributed by atoms with E-state index >= 15 is 0 Å². The summed E-state index contributed by atoms with van der Waals surface area (Å²) in [6, 6.07) is 8.20. The molecule has 1 amide bonds. The molecular weight excluding hydrogens is 414 g/mol. The lowest BCUT2D eigenvalue weighted by molar-refractivity contribution is -0.148. The van der Waals surface area contributed by atoms with Gasteiger partial charge in [-0.05, 0) is 61.1 Å². The monoisotopic (exact) mass is 453 g/mol. The van der Waals surface area contributed by atoms with Crippen molar-refractivity contribution in [2.45, 2.75) is 79.1 Å². The van der Waals surface area contributed by atoms with Crippen LogP contribution in [0.1, 0.15) is 65.0 Å². The number of carbonyl (C=O) groups is 2. The van der Waals surface area contributed by atoms with Gasteiger partial charge in [0, 0.05) is 32.4 Å². The fraction of sp³-hybridized carbons (Fsp3) is 0.607. The molecular formula is C28H39NO4. The third-order valence-electron chi connectivity index (χ3n) is 7.67. The summed E-state index contributed by atoms with van der Waals surface area (Å²) in [6.07, 6.45) is 7.05. The fourth-order valence-corrected chi connectivity index (χ4v) is 5.56.